The minimum absolute atomic E-state index is 0.0383. The molecule has 1 heterocycles. The number of rotatable bonds is 5. The smallest absolute Gasteiger partial charge is 0.406 e. The molecule has 0 saturated heterocycles. The van der Waals surface area contributed by atoms with Gasteiger partial charge in [0.15, 0.2) is 0 Å². The highest BCUT2D eigenvalue weighted by atomic mass is 19.4. The molecule has 3 aromatic rings. The van der Waals surface area contributed by atoms with E-state index in [0.717, 1.165) is 34.7 Å². The summed E-state index contributed by atoms with van der Waals surface area (Å²) < 4.78 is 55.2. The average molecular weight is 456 g/mol. The lowest BCUT2D eigenvalue weighted by molar-refractivity contribution is -0.274. The molecule has 1 aliphatic heterocycles. The van der Waals surface area contributed by atoms with Gasteiger partial charge in [-0.25, -0.2) is 9.29 Å². The second-order valence-corrected chi connectivity index (χ2v) is 7.24. The molecule has 0 unspecified atom stereocenters. The molecule has 9 heteroatoms. The highest BCUT2D eigenvalue weighted by molar-refractivity contribution is 6.46. The van der Waals surface area contributed by atoms with Crippen LogP contribution >= 0.6 is 0 Å². The van der Waals surface area contributed by atoms with Gasteiger partial charge in [-0.15, -0.1) is 13.2 Å². The van der Waals surface area contributed by atoms with E-state index >= 15 is 0 Å². The summed E-state index contributed by atoms with van der Waals surface area (Å²) in [5, 5.41) is 2.75. The summed E-state index contributed by atoms with van der Waals surface area (Å²) in [5.74, 6) is -2.38. The Hall–Kier alpha value is -4.14. The molecule has 0 spiro atoms. The van der Waals surface area contributed by atoms with Crippen LogP contribution < -0.4 is 15.0 Å². The molecule has 1 aliphatic rings. The van der Waals surface area contributed by atoms with Crippen LogP contribution in [0.5, 0.6) is 5.75 Å². The third-order valence-electron chi connectivity index (χ3n) is 4.81. The van der Waals surface area contributed by atoms with E-state index in [4.69, 9.17) is 0 Å². The van der Waals surface area contributed by atoms with Crippen LogP contribution in [0.2, 0.25) is 0 Å². The standard InChI is InChI=1S/C24H16F4N2O3/c1-14-4-2-6-18(12-14)30-22(31)20(15-8-10-16(25)11-9-15)21(23(30)32)29-17-5-3-7-19(13-17)33-24(26,27)28/h2-13,29H,1H3. The zero-order valence-electron chi connectivity index (χ0n) is 17.1. The van der Waals surface area contributed by atoms with Crippen LogP contribution in [-0.2, 0) is 9.59 Å². The summed E-state index contributed by atoms with van der Waals surface area (Å²) in [5.41, 5.74) is 1.32. The van der Waals surface area contributed by atoms with Crippen molar-refractivity contribution in [3.05, 3.63) is 95.4 Å². The fraction of sp³-hybridized carbons (Fsp3) is 0.0833. The number of ether oxygens (including phenoxy) is 1. The summed E-state index contributed by atoms with van der Waals surface area (Å²) in [6.07, 6.45) is -4.89. The maximum atomic E-state index is 13.5. The molecule has 0 aromatic heterocycles. The quantitative estimate of drug-likeness (QED) is 0.411. The van der Waals surface area contributed by atoms with Gasteiger partial charge in [-0.2, -0.15) is 0 Å². The molecule has 0 fully saturated rings. The number of benzene rings is 3. The fourth-order valence-electron chi connectivity index (χ4n) is 3.45. The van der Waals surface area contributed by atoms with Crippen LogP contribution in [0.3, 0.4) is 0 Å². The fourth-order valence-corrected chi connectivity index (χ4v) is 3.45. The van der Waals surface area contributed by atoms with Crippen LogP contribution in [0.25, 0.3) is 5.57 Å². The predicted molar refractivity (Wildman–Crippen MR) is 114 cm³/mol. The maximum absolute atomic E-state index is 13.5. The molecule has 1 N–H and O–H groups in total. The first-order valence-corrected chi connectivity index (χ1v) is 9.71. The molecule has 0 radical (unpaired) electrons. The number of imide groups is 1. The Kier molecular flexibility index (Phi) is 5.63. The van der Waals surface area contributed by atoms with E-state index in [-0.39, 0.29) is 22.5 Å². The van der Waals surface area contributed by atoms with E-state index in [0.29, 0.717) is 5.69 Å². The van der Waals surface area contributed by atoms with E-state index in [1.54, 1.807) is 31.2 Å². The minimum atomic E-state index is -4.89. The van der Waals surface area contributed by atoms with Crippen molar-refractivity contribution >= 4 is 28.8 Å². The number of hydrogen-bond donors (Lipinski definition) is 1. The summed E-state index contributed by atoms with van der Waals surface area (Å²) in [4.78, 5) is 27.6. The number of aryl methyl sites for hydroxylation is 1. The van der Waals surface area contributed by atoms with Gasteiger partial charge in [0.25, 0.3) is 11.8 Å². The van der Waals surface area contributed by atoms with Crippen molar-refractivity contribution in [1.82, 2.24) is 0 Å². The van der Waals surface area contributed by atoms with Gasteiger partial charge in [0, 0.05) is 11.8 Å². The van der Waals surface area contributed by atoms with Gasteiger partial charge in [-0.05, 0) is 54.4 Å². The van der Waals surface area contributed by atoms with Crippen LogP contribution in [0.4, 0.5) is 28.9 Å². The maximum Gasteiger partial charge on any atom is 0.573 e. The Balaban J connectivity index is 1.77. The first-order chi connectivity index (χ1) is 15.6. The third kappa shape index (κ3) is 4.72. The SMILES string of the molecule is Cc1cccc(N2C(=O)C(Nc3cccc(OC(F)(F)F)c3)=C(c3ccc(F)cc3)C2=O)c1. The third-order valence-corrected chi connectivity index (χ3v) is 4.81. The number of nitrogens with one attached hydrogen (secondary N) is 1. The van der Waals surface area contributed by atoms with Crippen molar-refractivity contribution in [3.8, 4) is 5.75 Å². The molecular formula is C24H16F4N2O3. The molecule has 33 heavy (non-hydrogen) atoms. The summed E-state index contributed by atoms with van der Waals surface area (Å²) in [7, 11) is 0. The number of anilines is 2. The normalized spacial score (nSPS) is 14.2. The lowest BCUT2D eigenvalue weighted by Crippen LogP contribution is -2.32. The molecule has 0 aliphatic carbocycles. The summed E-state index contributed by atoms with van der Waals surface area (Å²) in [6, 6.07) is 16.6. The van der Waals surface area contributed by atoms with Crippen molar-refractivity contribution in [1.29, 1.82) is 0 Å². The molecule has 168 valence electrons. The Bertz CT molecular complexity index is 1270. The number of nitrogens with zero attached hydrogens (tertiary/aromatic N) is 1. The second kappa shape index (κ2) is 8.42. The molecule has 0 bridgehead atoms. The zero-order chi connectivity index (χ0) is 23.8. The van der Waals surface area contributed by atoms with Crippen LogP contribution in [0, 0.1) is 12.7 Å². The Labute approximate surface area is 185 Å². The second-order valence-electron chi connectivity index (χ2n) is 7.24. The Morgan fingerprint density at radius 3 is 2.24 bits per heavy atom. The van der Waals surface area contributed by atoms with Gasteiger partial charge in [0.2, 0.25) is 0 Å². The first-order valence-electron chi connectivity index (χ1n) is 9.71. The van der Waals surface area contributed by atoms with E-state index < -0.39 is 29.7 Å². The topological polar surface area (TPSA) is 58.6 Å². The van der Waals surface area contributed by atoms with E-state index in [1.807, 2.05) is 0 Å². The van der Waals surface area contributed by atoms with Gasteiger partial charge >= 0.3 is 6.36 Å². The largest absolute Gasteiger partial charge is 0.573 e. The first kappa shape index (κ1) is 22.1. The molecule has 5 nitrogen and oxygen atoms in total. The van der Waals surface area contributed by atoms with Crippen molar-refractivity contribution in [2.75, 3.05) is 10.2 Å². The number of hydrogen-bond acceptors (Lipinski definition) is 4. The summed E-state index contributed by atoms with van der Waals surface area (Å²) in [6.45, 7) is 1.80. The van der Waals surface area contributed by atoms with Gasteiger partial charge in [0.05, 0.1) is 11.3 Å². The highest BCUT2D eigenvalue weighted by Gasteiger charge is 2.40. The molecule has 3 aromatic carbocycles. The number of alkyl halides is 3. The van der Waals surface area contributed by atoms with E-state index in [1.165, 1.54) is 24.3 Å². The monoisotopic (exact) mass is 456 g/mol. The van der Waals surface area contributed by atoms with Crippen LogP contribution in [0.15, 0.2) is 78.5 Å². The van der Waals surface area contributed by atoms with Gasteiger partial charge in [-0.3, -0.25) is 9.59 Å². The van der Waals surface area contributed by atoms with Crippen LogP contribution in [0.1, 0.15) is 11.1 Å². The van der Waals surface area contributed by atoms with Gasteiger partial charge < -0.3 is 10.1 Å². The summed E-state index contributed by atoms with van der Waals surface area (Å²) >= 11 is 0. The average Bonchev–Trinajstić information content (AvgIpc) is 2.97. The number of carbonyl (C=O) groups excluding carboxylic acids is 2. The lowest BCUT2D eigenvalue weighted by Gasteiger charge is -2.16. The lowest BCUT2D eigenvalue weighted by atomic mass is 10.0. The number of halogens is 4. The van der Waals surface area contributed by atoms with E-state index in [2.05, 4.69) is 10.1 Å². The van der Waals surface area contributed by atoms with Crippen molar-refractivity contribution in [2.24, 2.45) is 0 Å². The Morgan fingerprint density at radius 2 is 1.58 bits per heavy atom. The zero-order valence-corrected chi connectivity index (χ0v) is 17.1. The number of amides is 2. The van der Waals surface area contributed by atoms with Gasteiger partial charge in [0.1, 0.15) is 17.3 Å². The molecule has 4 rings (SSSR count). The van der Waals surface area contributed by atoms with Crippen molar-refractivity contribution in [3.63, 3.8) is 0 Å². The molecular weight excluding hydrogens is 440 g/mol. The van der Waals surface area contributed by atoms with Crippen molar-refractivity contribution in [2.45, 2.75) is 13.3 Å². The minimum Gasteiger partial charge on any atom is -0.406 e. The molecule has 0 saturated carbocycles. The number of carbonyl (C=O) groups is 2. The molecule has 2 amide bonds. The van der Waals surface area contributed by atoms with E-state index in [9.17, 15) is 27.2 Å². The van der Waals surface area contributed by atoms with Gasteiger partial charge in [-0.1, -0.05) is 30.3 Å². The highest BCUT2D eigenvalue weighted by Crippen LogP contribution is 2.35. The molecule has 0 atom stereocenters. The van der Waals surface area contributed by atoms with Crippen LogP contribution in [-0.4, -0.2) is 18.2 Å². The Morgan fingerprint density at radius 1 is 0.879 bits per heavy atom. The van der Waals surface area contributed by atoms with Crippen molar-refractivity contribution < 1.29 is 31.9 Å². The predicted octanol–water partition coefficient (Wildman–Crippen LogP) is 5.43.